The maximum atomic E-state index is 11.8. The third-order valence-corrected chi connectivity index (χ3v) is 5.11. The van der Waals surface area contributed by atoms with Crippen LogP contribution >= 0.6 is 23.5 Å². The molecule has 0 aliphatic rings. The summed E-state index contributed by atoms with van der Waals surface area (Å²) in [7, 11) is 0. The lowest BCUT2D eigenvalue weighted by molar-refractivity contribution is -0.145. The summed E-state index contributed by atoms with van der Waals surface area (Å²) in [6.07, 6.45) is 3.51. The summed E-state index contributed by atoms with van der Waals surface area (Å²) >= 11 is 3.15. The molecule has 2 rings (SSSR count). The normalized spacial score (nSPS) is 10.7. The fraction of sp³-hybridized carbons (Fsp3) is 0.286. The highest BCUT2D eigenvalue weighted by molar-refractivity contribution is 7.99. The summed E-state index contributed by atoms with van der Waals surface area (Å²) < 4.78 is 10.4. The molecule has 0 saturated heterocycles. The molecule has 0 aromatic heterocycles. The Morgan fingerprint density at radius 1 is 1.10 bits per heavy atom. The third-order valence-electron chi connectivity index (χ3n) is 3.53. The summed E-state index contributed by atoms with van der Waals surface area (Å²) in [4.78, 5) is 23.3. The molecule has 2 aromatic carbocycles. The number of carbonyl (C=O) groups is 2. The van der Waals surface area contributed by atoms with Gasteiger partial charge < -0.3 is 9.47 Å². The monoisotopic (exact) mass is 432 g/mol. The molecule has 154 valence electrons. The largest absolute Gasteiger partial charge is 0.482 e. The van der Waals surface area contributed by atoms with Gasteiger partial charge in [-0.05, 0) is 41.6 Å². The molecule has 0 fully saturated rings. The average molecular weight is 433 g/mol. The topological polar surface area (TPSA) is 77.0 Å². The molecule has 0 aliphatic heterocycles. The van der Waals surface area contributed by atoms with Crippen molar-refractivity contribution in [3.8, 4) is 5.75 Å². The Bertz CT molecular complexity index is 783. The molecular weight excluding hydrogens is 408 g/mol. The lowest BCUT2D eigenvalue weighted by Gasteiger charge is -2.06. The van der Waals surface area contributed by atoms with Crippen LogP contribution in [0.5, 0.6) is 5.75 Å². The lowest BCUT2D eigenvalue weighted by Crippen LogP contribution is -2.19. The van der Waals surface area contributed by atoms with Gasteiger partial charge in [0, 0.05) is 11.5 Å². The lowest BCUT2D eigenvalue weighted by atomic mass is 10.2. The number of esters is 1. The molecule has 0 bridgehead atoms. The Balaban J connectivity index is 1.64. The number of hydrogen-bond acceptors (Lipinski definition) is 7. The molecule has 0 unspecified atom stereocenters. The van der Waals surface area contributed by atoms with E-state index in [2.05, 4.69) is 10.5 Å². The second-order valence-electron chi connectivity index (χ2n) is 5.84. The molecule has 0 saturated carbocycles. The number of nitrogens with zero attached hydrogens (tertiary/aromatic N) is 1. The van der Waals surface area contributed by atoms with E-state index in [-0.39, 0.29) is 12.5 Å². The van der Waals surface area contributed by atoms with Crippen molar-refractivity contribution in [3.05, 3.63) is 65.7 Å². The number of benzene rings is 2. The number of rotatable bonds is 12. The standard InChI is InChI=1S/C21H24N2O4S2/c1-28-12-11-26-21(25)14-27-19-9-7-17(8-10-19)13-22-23-20(24)16-29-15-18-5-3-2-4-6-18/h2-10,13H,11-12,14-16H2,1H3,(H,23,24). The first kappa shape index (κ1) is 22.8. The Morgan fingerprint density at radius 3 is 2.59 bits per heavy atom. The molecular formula is C21H24N2O4S2. The quantitative estimate of drug-likeness (QED) is 0.240. The van der Waals surface area contributed by atoms with E-state index in [9.17, 15) is 9.59 Å². The van der Waals surface area contributed by atoms with Gasteiger partial charge in [-0.1, -0.05) is 30.3 Å². The molecule has 0 atom stereocenters. The van der Waals surface area contributed by atoms with Crippen LogP contribution in [0.4, 0.5) is 0 Å². The van der Waals surface area contributed by atoms with Crippen LogP contribution in [0.3, 0.4) is 0 Å². The molecule has 0 heterocycles. The van der Waals surface area contributed by atoms with E-state index in [4.69, 9.17) is 9.47 Å². The minimum atomic E-state index is -0.391. The third kappa shape index (κ3) is 10.0. The van der Waals surface area contributed by atoms with Gasteiger partial charge >= 0.3 is 5.97 Å². The van der Waals surface area contributed by atoms with Crippen molar-refractivity contribution in [2.45, 2.75) is 5.75 Å². The summed E-state index contributed by atoms with van der Waals surface area (Å²) in [5.74, 6) is 1.91. The van der Waals surface area contributed by atoms with Gasteiger partial charge in [-0.15, -0.1) is 11.8 Å². The van der Waals surface area contributed by atoms with E-state index in [1.807, 2.05) is 36.6 Å². The van der Waals surface area contributed by atoms with Crippen LogP contribution in [0.2, 0.25) is 0 Å². The minimum Gasteiger partial charge on any atom is -0.482 e. The highest BCUT2D eigenvalue weighted by atomic mass is 32.2. The van der Waals surface area contributed by atoms with Crippen LogP contribution in [0, 0.1) is 0 Å². The van der Waals surface area contributed by atoms with E-state index in [1.165, 1.54) is 17.3 Å². The van der Waals surface area contributed by atoms with Gasteiger partial charge in [0.2, 0.25) is 5.91 Å². The van der Waals surface area contributed by atoms with Gasteiger partial charge in [0.25, 0.3) is 0 Å². The SMILES string of the molecule is CSCCOC(=O)COc1ccc(C=NNC(=O)CSCc2ccccc2)cc1. The zero-order valence-electron chi connectivity index (χ0n) is 16.2. The first-order valence-corrected chi connectivity index (χ1v) is 11.5. The second kappa shape index (κ2) is 13.7. The summed E-state index contributed by atoms with van der Waals surface area (Å²) in [5.41, 5.74) is 4.50. The van der Waals surface area contributed by atoms with Crippen LogP contribution in [-0.4, -0.2) is 49.1 Å². The predicted molar refractivity (Wildman–Crippen MR) is 120 cm³/mol. The molecule has 0 radical (unpaired) electrons. The Hall–Kier alpha value is -2.45. The summed E-state index contributed by atoms with van der Waals surface area (Å²) in [6, 6.07) is 17.0. The molecule has 1 amide bonds. The van der Waals surface area contributed by atoms with Crippen molar-refractivity contribution in [1.29, 1.82) is 0 Å². The molecule has 6 nitrogen and oxygen atoms in total. The summed E-state index contributed by atoms with van der Waals surface area (Å²) in [5, 5.41) is 3.96. The number of hydrogen-bond donors (Lipinski definition) is 1. The number of carbonyl (C=O) groups excluding carboxylic acids is 2. The smallest absolute Gasteiger partial charge is 0.344 e. The predicted octanol–water partition coefficient (Wildman–Crippen LogP) is 3.36. The maximum absolute atomic E-state index is 11.8. The first-order valence-electron chi connectivity index (χ1n) is 8.98. The Morgan fingerprint density at radius 2 is 1.86 bits per heavy atom. The van der Waals surface area contributed by atoms with Crippen molar-refractivity contribution < 1.29 is 19.1 Å². The van der Waals surface area contributed by atoms with Gasteiger partial charge in [-0.2, -0.15) is 16.9 Å². The van der Waals surface area contributed by atoms with Gasteiger partial charge in [0.15, 0.2) is 6.61 Å². The van der Waals surface area contributed by atoms with E-state index in [0.29, 0.717) is 18.1 Å². The molecule has 0 spiro atoms. The van der Waals surface area contributed by atoms with E-state index in [0.717, 1.165) is 17.1 Å². The van der Waals surface area contributed by atoms with Crippen LogP contribution in [0.15, 0.2) is 59.7 Å². The number of hydrazone groups is 1. The van der Waals surface area contributed by atoms with E-state index < -0.39 is 5.97 Å². The van der Waals surface area contributed by atoms with Gasteiger partial charge in [0.05, 0.1) is 12.0 Å². The second-order valence-corrected chi connectivity index (χ2v) is 7.81. The number of amides is 1. The van der Waals surface area contributed by atoms with Crippen molar-refractivity contribution in [2.75, 3.05) is 31.0 Å². The van der Waals surface area contributed by atoms with Crippen LogP contribution in [0.1, 0.15) is 11.1 Å². The van der Waals surface area contributed by atoms with Gasteiger partial charge in [-0.25, -0.2) is 10.2 Å². The van der Waals surface area contributed by atoms with Crippen molar-refractivity contribution in [3.63, 3.8) is 0 Å². The van der Waals surface area contributed by atoms with Gasteiger partial charge in [0.1, 0.15) is 12.4 Å². The molecule has 0 aliphatic carbocycles. The average Bonchev–Trinajstić information content (AvgIpc) is 2.74. The van der Waals surface area contributed by atoms with Crippen LogP contribution < -0.4 is 10.2 Å². The van der Waals surface area contributed by atoms with E-state index in [1.54, 1.807) is 42.2 Å². The zero-order chi connectivity index (χ0) is 20.7. The maximum Gasteiger partial charge on any atom is 0.344 e. The Labute approximate surface area is 179 Å². The van der Waals surface area contributed by atoms with Crippen LogP contribution in [-0.2, 0) is 20.1 Å². The highest BCUT2D eigenvalue weighted by Crippen LogP contribution is 2.12. The fourth-order valence-electron chi connectivity index (χ4n) is 2.12. The molecule has 29 heavy (non-hydrogen) atoms. The molecule has 1 N–H and O–H groups in total. The number of ether oxygens (including phenoxy) is 2. The molecule has 8 heteroatoms. The Kier molecular flexibility index (Phi) is 10.8. The zero-order valence-corrected chi connectivity index (χ0v) is 17.8. The van der Waals surface area contributed by atoms with Crippen molar-refractivity contribution in [2.24, 2.45) is 5.10 Å². The van der Waals surface area contributed by atoms with Gasteiger partial charge in [-0.3, -0.25) is 4.79 Å². The number of thioether (sulfide) groups is 2. The fourth-order valence-corrected chi connectivity index (χ4v) is 3.15. The van der Waals surface area contributed by atoms with Crippen molar-refractivity contribution in [1.82, 2.24) is 5.43 Å². The summed E-state index contributed by atoms with van der Waals surface area (Å²) in [6.45, 7) is 0.258. The van der Waals surface area contributed by atoms with Crippen LogP contribution in [0.25, 0.3) is 0 Å². The molecule has 2 aromatic rings. The minimum absolute atomic E-state index is 0.126. The highest BCUT2D eigenvalue weighted by Gasteiger charge is 2.04. The van der Waals surface area contributed by atoms with Crippen molar-refractivity contribution >= 4 is 41.6 Å². The first-order chi connectivity index (χ1) is 14.2. The van der Waals surface area contributed by atoms with E-state index >= 15 is 0 Å². The number of nitrogens with one attached hydrogen (secondary N) is 1.